The number of hydrogen-bond donors (Lipinski definition) is 1. The minimum Gasteiger partial charge on any atom is -0.322 e. The molecule has 0 radical (unpaired) electrons. The predicted octanol–water partition coefficient (Wildman–Crippen LogP) is 1.72. The third-order valence-electron chi connectivity index (χ3n) is 2.26. The third-order valence-corrected chi connectivity index (χ3v) is 2.26. The van der Waals surface area contributed by atoms with E-state index in [-0.39, 0.29) is 6.04 Å². The monoisotopic (exact) mass is 199 g/mol. The molecule has 0 saturated heterocycles. The van der Waals surface area contributed by atoms with Crippen molar-refractivity contribution >= 4 is 0 Å². The summed E-state index contributed by atoms with van der Waals surface area (Å²) in [5, 5.41) is 0. The smallest absolute Gasteiger partial charge is 0.0757 e. The number of hydrogen-bond acceptors (Lipinski definition) is 3. The molecule has 1 heterocycles. The normalized spacial score (nSPS) is 12.3. The molecule has 2 N–H and O–H groups in total. The van der Waals surface area contributed by atoms with Crippen molar-refractivity contribution in [2.45, 2.75) is 12.5 Å². The van der Waals surface area contributed by atoms with Gasteiger partial charge in [-0.3, -0.25) is 9.97 Å². The van der Waals surface area contributed by atoms with Crippen molar-refractivity contribution < 1.29 is 0 Å². The van der Waals surface area contributed by atoms with Gasteiger partial charge >= 0.3 is 0 Å². The zero-order valence-corrected chi connectivity index (χ0v) is 8.38. The lowest BCUT2D eigenvalue weighted by Gasteiger charge is -2.09. The summed E-state index contributed by atoms with van der Waals surface area (Å²) in [7, 11) is 0. The molecule has 3 nitrogen and oxygen atoms in total. The van der Waals surface area contributed by atoms with E-state index in [9.17, 15) is 0 Å². The van der Waals surface area contributed by atoms with Gasteiger partial charge in [0, 0.05) is 18.6 Å². The van der Waals surface area contributed by atoms with Gasteiger partial charge in [0.15, 0.2) is 0 Å². The lowest BCUT2D eigenvalue weighted by Crippen LogP contribution is -2.14. The Balaban J connectivity index is 2.08. The molecule has 1 unspecified atom stereocenters. The van der Waals surface area contributed by atoms with E-state index in [0.29, 0.717) is 0 Å². The SMILES string of the molecule is NC(Cc1ccccc1)c1cnccn1. The fourth-order valence-corrected chi connectivity index (χ4v) is 1.47. The van der Waals surface area contributed by atoms with Crippen molar-refractivity contribution in [1.82, 2.24) is 9.97 Å². The molecule has 2 aromatic rings. The molecular formula is C12H13N3. The van der Waals surface area contributed by atoms with Gasteiger partial charge in [0.1, 0.15) is 0 Å². The second-order valence-corrected chi connectivity index (χ2v) is 3.43. The van der Waals surface area contributed by atoms with Crippen LogP contribution >= 0.6 is 0 Å². The average Bonchev–Trinajstić information content (AvgIpc) is 2.31. The van der Waals surface area contributed by atoms with E-state index < -0.39 is 0 Å². The van der Waals surface area contributed by atoms with Crippen LogP contribution in [0.4, 0.5) is 0 Å². The summed E-state index contributed by atoms with van der Waals surface area (Å²) in [4.78, 5) is 8.19. The summed E-state index contributed by atoms with van der Waals surface area (Å²) in [6.07, 6.45) is 5.83. The van der Waals surface area contributed by atoms with Crippen LogP contribution in [0.2, 0.25) is 0 Å². The van der Waals surface area contributed by atoms with Gasteiger partial charge in [0.05, 0.1) is 11.7 Å². The molecule has 0 aliphatic heterocycles. The zero-order valence-electron chi connectivity index (χ0n) is 8.38. The van der Waals surface area contributed by atoms with Crippen molar-refractivity contribution in [3.05, 3.63) is 60.2 Å². The zero-order chi connectivity index (χ0) is 10.5. The summed E-state index contributed by atoms with van der Waals surface area (Å²) in [6.45, 7) is 0. The van der Waals surface area contributed by atoms with Gasteiger partial charge in [-0.15, -0.1) is 0 Å². The Kier molecular flexibility index (Phi) is 3.05. The maximum absolute atomic E-state index is 6.02. The van der Waals surface area contributed by atoms with Gasteiger partial charge in [-0.05, 0) is 12.0 Å². The molecule has 1 aromatic carbocycles. The number of rotatable bonds is 3. The molecule has 76 valence electrons. The summed E-state index contributed by atoms with van der Waals surface area (Å²) in [6, 6.07) is 10.1. The largest absolute Gasteiger partial charge is 0.322 e. The molecular weight excluding hydrogens is 186 g/mol. The molecule has 1 atom stereocenters. The van der Waals surface area contributed by atoms with Gasteiger partial charge in [0.2, 0.25) is 0 Å². The fourth-order valence-electron chi connectivity index (χ4n) is 1.47. The standard InChI is InChI=1S/C12H13N3/c13-11(12-9-14-6-7-15-12)8-10-4-2-1-3-5-10/h1-7,9,11H,8,13H2. The van der Waals surface area contributed by atoms with Gasteiger partial charge < -0.3 is 5.73 Å². The summed E-state index contributed by atoms with van der Waals surface area (Å²) in [5.41, 5.74) is 8.08. The highest BCUT2D eigenvalue weighted by Crippen LogP contribution is 2.12. The average molecular weight is 199 g/mol. The van der Waals surface area contributed by atoms with E-state index in [4.69, 9.17) is 5.73 Å². The Labute approximate surface area is 89.0 Å². The van der Waals surface area contributed by atoms with Crippen LogP contribution in [-0.2, 0) is 6.42 Å². The third kappa shape index (κ3) is 2.60. The van der Waals surface area contributed by atoms with Crippen LogP contribution in [0.15, 0.2) is 48.9 Å². The second-order valence-electron chi connectivity index (χ2n) is 3.43. The molecule has 0 amide bonds. The van der Waals surface area contributed by atoms with Gasteiger partial charge in [-0.2, -0.15) is 0 Å². The molecule has 0 saturated carbocycles. The minimum absolute atomic E-state index is 0.0823. The molecule has 0 aliphatic carbocycles. The summed E-state index contributed by atoms with van der Waals surface area (Å²) < 4.78 is 0. The summed E-state index contributed by atoms with van der Waals surface area (Å²) in [5.74, 6) is 0. The molecule has 0 aliphatic rings. The highest BCUT2D eigenvalue weighted by atomic mass is 14.8. The lowest BCUT2D eigenvalue weighted by molar-refractivity contribution is 0.691. The second kappa shape index (κ2) is 4.66. The maximum atomic E-state index is 6.02. The molecule has 1 aromatic heterocycles. The first kappa shape index (κ1) is 9.80. The van der Waals surface area contributed by atoms with Crippen LogP contribution in [-0.4, -0.2) is 9.97 Å². The Hall–Kier alpha value is -1.74. The van der Waals surface area contributed by atoms with Crippen LogP contribution in [0.5, 0.6) is 0 Å². The molecule has 0 fully saturated rings. The highest BCUT2D eigenvalue weighted by molar-refractivity contribution is 5.17. The first-order valence-electron chi connectivity index (χ1n) is 4.91. The van der Waals surface area contributed by atoms with E-state index in [1.54, 1.807) is 18.6 Å². The van der Waals surface area contributed by atoms with Crippen molar-refractivity contribution in [2.75, 3.05) is 0 Å². The van der Waals surface area contributed by atoms with Crippen LogP contribution in [0.1, 0.15) is 17.3 Å². The van der Waals surface area contributed by atoms with E-state index >= 15 is 0 Å². The Bertz CT molecular complexity index is 400. The first-order valence-corrected chi connectivity index (χ1v) is 4.91. The van der Waals surface area contributed by atoms with Crippen LogP contribution in [0.3, 0.4) is 0 Å². The number of nitrogens with two attached hydrogens (primary N) is 1. The van der Waals surface area contributed by atoms with Gasteiger partial charge in [0.25, 0.3) is 0 Å². The number of aromatic nitrogens is 2. The number of benzene rings is 1. The lowest BCUT2D eigenvalue weighted by atomic mass is 10.0. The van der Waals surface area contributed by atoms with Crippen LogP contribution in [0.25, 0.3) is 0 Å². The van der Waals surface area contributed by atoms with Gasteiger partial charge in [-0.25, -0.2) is 0 Å². The van der Waals surface area contributed by atoms with Crippen molar-refractivity contribution in [3.63, 3.8) is 0 Å². The van der Waals surface area contributed by atoms with E-state index in [0.717, 1.165) is 12.1 Å². The Morgan fingerprint density at radius 2 is 1.93 bits per heavy atom. The van der Waals surface area contributed by atoms with Crippen LogP contribution < -0.4 is 5.73 Å². The molecule has 2 rings (SSSR count). The van der Waals surface area contributed by atoms with E-state index in [1.807, 2.05) is 18.2 Å². The van der Waals surface area contributed by atoms with Crippen molar-refractivity contribution in [2.24, 2.45) is 5.73 Å². The minimum atomic E-state index is -0.0823. The van der Waals surface area contributed by atoms with Crippen LogP contribution in [0, 0.1) is 0 Å². The summed E-state index contributed by atoms with van der Waals surface area (Å²) >= 11 is 0. The quantitative estimate of drug-likeness (QED) is 0.818. The molecule has 3 heteroatoms. The predicted molar refractivity (Wildman–Crippen MR) is 59.1 cm³/mol. The number of nitrogens with zero attached hydrogens (tertiary/aromatic N) is 2. The molecule has 0 bridgehead atoms. The van der Waals surface area contributed by atoms with Gasteiger partial charge in [-0.1, -0.05) is 30.3 Å². The topological polar surface area (TPSA) is 51.8 Å². The Morgan fingerprint density at radius 1 is 1.13 bits per heavy atom. The van der Waals surface area contributed by atoms with E-state index in [1.165, 1.54) is 5.56 Å². The Morgan fingerprint density at radius 3 is 2.60 bits per heavy atom. The highest BCUT2D eigenvalue weighted by Gasteiger charge is 2.07. The molecule has 0 spiro atoms. The maximum Gasteiger partial charge on any atom is 0.0757 e. The van der Waals surface area contributed by atoms with E-state index in [2.05, 4.69) is 22.1 Å². The molecule has 15 heavy (non-hydrogen) atoms. The first-order chi connectivity index (χ1) is 7.36. The fraction of sp³-hybridized carbons (Fsp3) is 0.167. The van der Waals surface area contributed by atoms with Crippen molar-refractivity contribution in [1.29, 1.82) is 0 Å². The van der Waals surface area contributed by atoms with Crippen molar-refractivity contribution in [3.8, 4) is 0 Å².